The molecule has 2 amide bonds. The highest BCUT2D eigenvalue weighted by Gasteiger charge is 2.23. The van der Waals surface area contributed by atoms with Crippen molar-refractivity contribution >= 4 is 11.8 Å². The maximum atomic E-state index is 12.6. The summed E-state index contributed by atoms with van der Waals surface area (Å²) in [5.41, 5.74) is 1.07. The van der Waals surface area contributed by atoms with E-state index in [0.29, 0.717) is 12.6 Å². The van der Waals surface area contributed by atoms with Crippen molar-refractivity contribution < 1.29 is 4.79 Å². The average Bonchev–Trinajstić information content (AvgIpc) is 2.98. The van der Waals surface area contributed by atoms with Crippen LogP contribution in [0.4, 0.5) is 10.6 Å². The van der Waals surface area contributed by atoms with Crippen LogP contribution in [0.2, 0.25) is 0 Å². The van der Waals surface area contributed by atoms with E-state index in [-0.39, 0.29) is 6.03 Å². The van der Waals surface area contributed by atoms with Gasteiger partial charge in [-0.15, -0.1) is 0 Å². The summed E-state index contributed by atoms with van der Waals surface area (Å²) in [4.78, 5) is 21.6. The number of rotatable bonds is 5. The summed E-state index contributed by atoms with van der Waals surface area (Å²) < 4.78 is 0. The number of carbonyl (C=O) groups excluding carboxylic acids is 1. The fraction of sp³-hybridized carbons (Fsp3) is 0.714. The number of amides is 2. The van der Waals surface area contributed by atoms with Crippen molar-refractivity contribution in [1.82, 2.24) is 15.2 Å². The van der Waals surface area contributed by atoms with Gasteiger partial charge in [-0.3, -0.25) is 0 Å². The minimum absolute atomic E-state index is 0.0657. The van der Waals surface area contributed by atoms with Crippen LogP contribution in [0.25, 0.3) is 0 Å². The molecular weight excluding hydrogens is 324 g/mol. The zero-order valence-electron chi connectivity index (χ0n) is 16.3. The van der Waals surface area contributed by atoms with Gasteiger partial charge < -0.3 is 15.1 Å². The second kappa shape index (κ2) is 9.79. The van der Waals surface area contributed by atoms with Crippen molar-refractivity contribution in [3.05, 3.63) is 23.9 Å². The SMILES string of the molecule is CCN(C(=O)NCc1ccc(N2CCCCCC2)nc1)C1CCCCC1. The number of carbonyl (C=O) groups is 1. The summed E-state index contributed by atoms with van der Waals surface area (Å²) in [5.74, 6) is 1.07. The molecule has 2 heterocycles. The van der Waals surface area contributed by atoms with Gasteiger partial charge in [-0.05, 0) is 44.2 Å². The van der Waals surface area contributed by atoms with Crippen molar-refractivity contribution in [1.29, 1.82) is 0 Å². The molecule has 0 atom stereocenters. The average molecular weight is 359 g/mol. The third kappa shape index (κ3) is 5.12. The topological polar surface area (TPSA) is 48.5 Å². The zero-order valence-corrected chi connectivity index (χ0v) is 16.3. The lowest BCUT2D eigenvalue weighted by Crippen LogP contribution is -2.46. The second-order valence-electron chi connectivity index (χ2n) is 7.66. The maximum absolute atomic E-state index is 12.6. The summed E-state index contributed by atoms with van der Waals surface area (Å²) in [7, 11) is 0. The molecule has 0 bridgehead atoms. The maximum Gasteiger partial charge on any atom is 0.317 e. The molecule has 0 unspecified atom stereocenters. The number of urea groups is 1. The molecule has 1 saturated carbocycles. The fourth-order valence-corrected chi connectivity index (χ4v) is 4.25. The third-order valence-electron chi connectivity index (χ3n) is 5.80. The van der Waals surface area contributed by atoms with Gasteiger partial charge in [0.25, 0.3) is 0 Å². The molecule has 1 aliphatic heterocycles. The molecule has 1 N–H and O–H groups in total. The first kappa shape index (κ1) is 19.0. The smallest absolute Gasteiger partial charge is 0.317 e. The van der Waals surface area contributed by atoms with Crippen LogP contribution >= 0.6 is 0 Å². The standard InChI is InChI=1S/C21H34N4O/c1-2-25(19-10-6-5-7-11-19)21(26)23-17-18-12-13-20(22-16-18)24-14-8-3-4-9-15-24/h12-13,16,19H,2-11,14-15,17H2,1H3,(H,23,26). The lowest BCUT2D eigenvalue weighted by Gasteiger charge is -2.33. The molecule has 1 aliphatic carbocycles. The van der Waals surface area contributed by atoms with Crippen LogP contribution in [-0.4, -0.2) is 41.6 Å². The van der Waals surface area contributed by atoms with E-state index in [1.807, 2.05) is 11.1 Å². The molecule has 26 heavy (non-hydrogen) atoms. The molecule has 5 nitrogen and oxygen atoms in total. The van der Waals surface area contributed by atoms with E-state index in [2.05, 4.69) is 34.3 Å². The minimum atomic E-state index is 0.0657. The lowest BCUT2D eigenvalue weighted by atomic mass is 9.94. The van der Waals surface area contributed by atoms with E-state index in [4.69, 9.17) is 0 Å². The quantitative estimate of drug-likeness (QED) is 0.852. The van der Waals surface area contributed by atoms with Crippen LogP contribution in [0, 0.1) is 0 Å². The van der Waals surface area contributed by atoms with Gasteiger partial charge in [-0.2, -0.15) is 0 Å². The predicted octanol–water partition coefficient (Wildman–Crippen LogP) is 4.33. The van der Waals surface area contributed by atoms with E-state index in [1.54, 1.807) is 0 Å². The van der Waals surface area contributed by atoms with Crippen LogP contribution < -0.4 is 10.2 Å². The summed E-state index contributed by atoms with van der Waals surface area (Å²) >= 11 is 0. The van der Waals surface area contributed by atoms with E-state index in [0.717, 1.165) is 43.9 Å². The Morgan fingerprint density at radius 3 is 2.42 bits per heavy atom. The summed E-state index contributed by atoms with van der Waals surface area (Å²) in [6.07, 6.45) is 13.2. The fourth-order valence-electron chi connectivity index (χ4n) is 4.25. The molecule has 5 heteroatoms. The number of pyridine rings is 1. The molecule has 1 aromatic rings. The van der Waals surface area contributed by atoms with Gasteiger partial charge in [0, 0.05) is 38.4 Å². The lowest BCUT2D eigenvalue weighted by molar-refractivity contribution is 0.159. The molecule has 0 radical (unpaired) electrons. The molecule has 144 valence electrons. The normalized spacial score (nSPS) is 19.0. The van der Waals surface area contributed by atoms with E-state index < -0.39 is 0 Å². The monoisotopic (exact) mass is 358 g/mol. The summed E-state index contributed by atoms with van der Waals surface area (Å²) in [6, 6.07) is 4.68. The Balaban J connectivity index is 1.51. The number of nitrogens with one attached hydrogen (secondary N) is 1. The van der Waals surface area contributed by atoms with Crippen molar-refractivity contribution in [3.8, 4) is 0 Å². The summed E-state index contributed by atoms with van der Waals surface area (Å²) in [6.45, 7) is 5.62. The Kier molecular flexibility index (Phi) is 7.15. The van der Waals surface area contributed by atoms with Crippen LogP contribution in [0.5, 0.6) is 0 Å². The van der Waals surface area contributed by atoms with Gasteiger partial charge in [-0.25, -0.2) is 9.78 Å². The molecule has 1 aromatic heterocycles. The Morgan fingerprint density at radius 1 is 1.12 bits per heavy atom. The Bertz CT molecular complexity index is 546. The highest BCUT2D eigenvalue weighted by Crippen LogP contribution is 2.22. The number of anilines is 1. The minimum Gasteiger partial charge on any atom is -0.357 e. The first-order chi connectivity index (χ1) is 12.8. The Labute approximate surface area is 158 Å². The number of hydrogen-bond donors (Lipinski definition) is 1. The van der Waals surface area contributed by atoms with Gasteiger partial charge in [0.1, 0.15) is 5.82 Å². The van der Waals surface area contributed by atoms with Crippen LogP contribution in [0.1, 0.15) is 70.3 Å². The molecular formula is C21H34N4O. The largest absolute Gasteiger partial charge is 0.357 e. The molecule has 2 aliphatic rings. The molecule has 0 aromatic carbocycles. The number of hydrogen-bond acceptors (Lipinski definition) is 3. The second-order valence-corrected chi connectivity index (χ2v) is 7.66. The van der Waals surface area contributed by atoms with E-state index >= 15 is 0 Å². The summed E-state index contributed by atoms with van der Waals surface area (Å²) in [5, 5.41) is 3.09. The van der Waals surface area contributed by atoms with Gasteiger partial charge >= 0.3 is 6.03 Å². The highest BCUT2D eigenvalue weighted by atomic mass is 16.2. The predicted molar refractivity (Wildman–Crippen MR) is 106 cm³/mol. The Hall–Kier alpha value is -1.78. The Morgan fingerprint density at radius 2 is 1.81 bits per heavy atom. The van der Waals surface area contributed by atoms with Crippen LogP contribution in [0.15, 0.2) is 18.3 Å². The van der Waals surface area contributed by atoms with Gasteiger partial charge in [-0.1, -0.05) is 38.2 Å². The van der Waals surface area contributed by atoms with E-state index in [1.165, 1.54) is 44.9 Å². The molecule has 3 rings (SSSR count). The molecule has 1 saturated heterocycles. The first-order valence-electron chi connectivity index (χ1n) is 10.5. The first-order valence-corrected chi connectivity index (χ1v) is 10.5. The van der Waals surface area contributed by atoms with Crippen LogP contribution in [0.3, 0.4) is 0 Å². The van der Waals surface area contributed by atoms with Crippen molar-refractivity contribution in [3.63, 3.8) is 0 Å². The van der Waals surface area contributed by atoms with Crippen LogP contribution in [-0.2, 0) is 6.54 Å². The molecule has 2 fully saturated rings. The van der Waals surface area contributed by atoms with Crippen molar-refractivity contribution in [2.24, 2.45) is 0 Å². The van der Waals surface area contributed by atoms with Crippen molar-refractivity contribution in [2.45, 2.75) is 77.3 Å². The number of nitrogens with zero attached hydrogens (tertiary/aromatic N) is 3. The molecule has 0 spiro atoms. The zero-order chi connectivity index (χ0) is 18.2. The third-order valence-corrected chi connectivity index (χ3v) is 5.80. The number of aromatic nitrogens is 1. The highest BCUT2D eigenvalue weighted by molar-refractivity contribution is 5.74. The van der Waals surface area contributed by atoms with Crippen molar-refractivity contribution in [2.75, 3.05) is 24.5 Å². The van der Waals surface area contributed by atoms with Gasteiger partial charge in [0.2, 0.25) is 0 Å². The van der Waals surface area contributed by atoms with E-state index in [9.17, 15) is 4.79 Å². The van der Waals surface area contributed by atoms with Gasteiger partial charge in [0.15, 0.2) is 0 Å². The van der Waals surface area contributed by atoms with Gasteiger partial charge in [0.05, 0.1) is 0 Å².